The van der Waals surface area contributed by atoms with Crippen LogP contribution in [0.5, 0.6) is 0 Å². The van der Waals surface area contributed by atoms with Crippen molar-refractivity contribution in [2.24, 2.45) is 0 Å². The van der Waals surface area contributed by atoms with Crippen molar-refractivity contribution in [1.29, 1.82) is 5.26 Å². The second-order valence-corrected chi connectivity index (χ2v) is 6.75. The van der Waals surface area contributed by atoms with Gasteiger partial charge in [0, 0.05) is 18.8 Å². The quantitative estimate of drug-likeness (QED) is 0.682. The zero-order valence-corrected chi connectivity index (χ0v) is 15.7. The molecule has 2 aromatic rings. The summed E-state index contributed by atoms with van der Waals surface area (Å²) in [4.78, 5) is 18.1. The fourth-order valence-corrected chi connectivity index (χ4v) is 3.43. The maximum Gasteiger partial charge on any atom is 0.417 e. The lowest BCUT2D eigenvalue weighted by molar-refractivity contribution is -0.138. The van der Waals surface area contributed by atoms with Gasteiger partial charge in [-0.2, -0.15) is 18.4 Å². The average Bonchev–Trinajstić information content (AvgIpc) is 2.63. The first kappa shape index (κ1) is 20.8. The molecule has 0 unspecified atom stereocenters. The summed E-state index contributed by atoms with van der Waals surface area (Å²) in [5.41, 5.74) is -0.461. The predicted molar refractivity (Wildman–Crippen MR) is 96.9 cm³/mol. The lowest BCUT2D eigenvalue weighted by Crippen LogP contribution is -2.31. The Kier molecular flexibility index (Phi) is 6.86. The van der Waals surface area contributed by atoms with E-state index in [9.17, 15) is 23.2 Å². The van der Waals surface area contributed by atoms with Gasteiger partial charge in [-0.25, -0.2) is 4.98 Å². The largest absolute Gasteiger partial charge is 0.417 e. The van der Waals surface area contributed by atoms with Crippen molar-refractivity contribution in [3.05, 3.63) is 58.8 Å². The van der Waals surface area contributed by atoms with E-state index in [1.807, 2.05) is 37.3 Å². The normalized spacial score (nSPS) is 11.1. The highest BCUT2D eigenvalue weighted by Gasteiger charge is 2.35. The number of nitrogens with zero attached hydrogens (tertiary/aromatic N) is 3. The molecule has 0 radical (unpaired) electrons. The van der Waals surface area contributed by atoms with Crippen LogP contribution in [0.4, 0.5) is 13.2 Å². The number of pyridine rings is 1. The number of rotatable bonds is 6. The SMILES string of the molecule is CCN(Cc1ccccc1)C(=O)CSc1nc(C)cc(C(F)(F)F)c1C#N. The molecule has 0 spiro atoms. The molecule has 0 aliphatic rings. The Bertz CT molecular complexity index is 848. The van der Waals surface area contributed by atoms with Gasteiger partial charge in [0.25, 0.3) is 0 Å². The van der Waals surface area contributed by atoms with Crippen molar-refractivity contribution < 1.29 is 18.0 Å². The minimum Gasteiger partial charge on any atom is -0.338 e. The molecule has 0 fully saturated rings. The maximum atomic E-state index is 13.2. The Hall–Kier alpha value is -2.53. The molecule has 0 bridgehead atoms. The number of benzene rings is 1. The fourth-order valence-electron chi connectivity index (χ4n) is 2.48. The summed E-state index contributed by atoms with van der Waals surface area (Å²) in [6.45, 7) is 4.14. The molecule has 0 aliphatic heterocycles. The van der Waals surface area contributed by atoms with Crippen LogP contribution in [0.3, 0.4) is 0 Å². The van der Waals surface area contributed by atoms with Gasteiger partial charge >= 0.3 is 6.18 Å². The van der Waals surface area contributed by atoms with Gasteiger partial charge in [0.05, 0.1) is 16.9 Å². The monoisotopic (exact) mass is 393 g/mol. The molecule has 0 aliphatic carbocycles. The third kappa shape index (κ3) is 5.47. The maximum absolute atomic E-state index is 13.2. The number of nitriles is 1. The highest BCUT2D eigenvalue weighted by molar-refractivity contribution is 8.00. The van der Waals surface area contributed by atoms with Crippen LogP contribution in [-0.4, -0.2) is 28.1 Å². The molecular weight excluding hydrogens is 375 g/mol. The van der Waals surface area contributed by atoms with Crippen molar-refractivity contribution >= 4 is 17.7 Å². The number of carbonyl (C=O) groups excluding carboxylic acids is 1. The molecule has 1 aromatic carbocycles. The summed E-state index contributed by atoms with van der Waals surface area (Å²) < 4.78 is 39.5. The van der Waals surface area contributed by atoms with Crippen LogP contribution in [0.2, 0.25) is 0 Å². The van der Waals surface area contributed by atoms with E-state index in [4.69, 9.17) is 0 Å². The van der Waals surface area contributed by atoms with Gasteiger partial charge in [0.2, 0.25) is 5.91 Å². The Morgan fingerprint density at radius 2 is 1.96 bits per heavy atom. The van der Waals surface area contributed by atoms with Gasteiger partial charge in [-0.1, -0.05) is 42.1 Å². The second-order valence-electron chi connectivity index (χ2n) is 5.78. The molecule has 0 saturated carbocycles. The lowest BCUT2D eigenvalue weighted by Gasteiger charge is -2.21. The van der Waals surface area contributed by atoms with Crippen LogP contribution in [-0.2, 0) is 17.5 Å². The molecule has 1 heterocycles. The fraction of sp³-hybridized carbons (Fsp3) is 0.316. The van der Waals surface area contributed by atoms with E-state index in [2.05, 4.69) is 4.98 Å². The average molecular weight is 393 g/mol. The van der Waals surface area contributed by atoms with Crippen LogP contribution in [0.1, 0.15) is 29.3 Å². The zero-order valence-electron chi connectivity index (χ0n) is 14.9. The Morgan fingerprint density at radius 1 is 1.30 bits per heavy atom. The smallest absolute Gasteiger partial charge is 0.338 e. The van der Waals surface area contributed by atoms with E-state index >= 15 is 0 Å². The lowest BCUT2D eigenvalue weighted by atomic mass is 10.1. The van der Waals surface area contributed by atoms with Gasteiger partial charge in [-0.3, -0.25) is 4.79 Å². The number of aromatic nitrogens is 1. The first-order valence-electron chi connectivity index (χ1n) is 8.19. The van der Waals surface area contributed by atoms with Crippen molar-refractivity contribution in [2.45, 2.75) is 31.6 Å². The summed E-state index contributed by atoms with van der Waals surface area (Å²) >= 11 is 0.854. The van der Waals surface area contributed by atoms with Crippen LogP contribution in [0.25, 0.3) is 0 Å². The molecule has 2 rings (SSSR count). The predicted octanol–water partition coefficient (Wildman–Crippen LogP) is 4.42. The number of amides is 1. The Labute approximate surface area is 160 Å². The number of alkyl halides is 3. The molecule has 1 amide bonds. The van der Waals surface area contributed by atoms with E-state index in [0.717, 1.165) is 23.4 Å². The van der Waals surface area contributed by atoms with Crippen molar-refractivity contribution in [2.75, 3.05) is 12.3 Å². The number of halogens is 3. The standard InChI is InChI=1S/C19H18F3N3OS/c1-3-25(11-14-7-5-4-6-8-14)17(26)12-27-18-15(10-23)16(19(20,21)22)9-13(2)24-18/h4-9H,3,11-12H2,1-2H3. The molecule has 0 atom stereocenters. The van der Waals surface area contributed by atoms with Crippen LogP contribution >= 0.6 is 11.8 Å². The number of hydrogen-bond acceptors (Lipinski definition) is 4. The van der Waals surface area contributed by atoms with Gasteiger partial charge in [-0.15, -0.1) is 0 Å². The van der Waals surface area contributed by atoms with Crippen LogP contribution < -0.4 is 0 Å². The second kappa shape index (κ2) is 8.91. The summed E-state index contributed by atoms with van der Waals surface area (Å²) in [6.07, 6.45) is -4.65. The molecule has 142 valence electrons. The summed E-state index contributed by atoms with van der Waals surface area (Å²) in [6, 6.07) is 11.8. The van der Waals surface area contributed by atoms with Crippen molar-refractivity contribution in [1.82, 2.24) is 9.88 Å². The highest BCUT2D eigenvalue weighted by atomic mass is 32.2. The van der Waals surface area contributed by atoms with Crippen molar-refractivity contribution in [3.8, 4) is 6.07 Å². The van der Waals surface area contributed by atoms with E-state index in [-0.39, 0.29) is 22.4 Å². The number of hydrogen-bond donors (Lipinski definition) is 0. The topological polar surface area (TPSA) is 57.0 Å². The zero-order chi connectivity index (χ0) is 20.0. The summed E-state index contributed by atoms with van der Waals surface area (Å²) in [7, 11) is 0. The highest BCUT2D eigenvalue weighted by Crippen LogP contribution is 2.35. The third-order valence-corrected chi connectivity index (χ3v) is 4.77. The molecule has 27 heavy (non-hydrogen) atoms. The van der Waals surface area contributed by atoms with Gasteiger partial charge in [-0.05, 0) is 25.5 Å². The minimum absolute atomic E-state index is 0.0751. The summed E-state index contributed by atoms with van der Waals surface area (Å²) in [5, 5.41) is 9.10. The van der Waals surface area contributed by atoms with E-state index in [0.29, 0.717) is 13.1 Å². The number of thioether (sulfide) groups is 1. The van der Waals surface area contributed by atoms with Gasteiger partial charge in [0.15, 0.2) is 0 Å². The van der Waals surface area contributed by atoms with Gasteiger partial charge in [0.1, 0.15) is 11.1 Å². The first-order chi connectivity index (χ1) is 12.8. The molecule has 8 heteroatoms. The van der Waals surface area contributed by atoms with E-state index in [1.165, 1.54) is 6.92 Å². The Morgan fingerprint density at radius 3 is 2.52 bits per heavy atom. The van der Waals surface area contributed by atoms with Gasteiger partial charge < -0.3 is 4.90 Å². The Balaban J connectivity index is 2.16. The van der Waals surface area contributed by atoms with Crippen LogP contribution in [0, 0.1) is 18.3 Å². The molecule has 0 saturated heterocycles. The number of carbonyl (C=O) groups is 1. The number of aryl methyl sites for hydroxylation is 1. The summed E-state index contributed by atoms with van der Waals surface area (Å²) in [5.74, 6) is -0.324. The minimum atomic E-state index is -4.65. The molecule has 0 N–H and O–H groups in total. The van der Waals surface area contributed by atoms with E-state index in [1.54, 1.807) is 11.0 Å². The third-order valence-electron chi connectivity index (χ3n) is 3.81. The van der Waals surface area contributed by atoms with Crippen molar-refractivity contribution in [3.63, 3.8) is 0 Å². The molecular formula is C19H18F3N3OS. The first-order valence-corrected chi connectivity index (χ1v) is 9.18. The van der Waals surface area contributed by atoms with E-state index < -0.39 is 17.3 Å². The molecule has 4 nitrogen and oxygen atoms in total. The molecule has 1 aromatic heterocycles. The van der Waals surface area contributed by atoms with Crippen LogP contribution in [0.15, 0.2) is 41.4 Å².